The van der Waals surface area contributed by atoms with Crippen LogP contribution in [0.15, 0.2) is 24.3 Å². The number of carboxylic acids is 1. The Labute approximate surface area is 128 Å². The first-order valence-corrected chi connectivity index (χ1v) is 7.78. The van der Waals surface area contributed by atoms with Gasteiger partial charge in [-0.05, 0) is 19.4 Å². The lowest BCUT2D eigenvalue weighted by molar-refractivity contribution is -0.142. The quantitative estimate of drug-likeness (QED) is 0.678. The first-order chi connectivity index (χ1) is 9.78. The molecule has 21 heavy (non-hydrogen) atoms. The Kier molecular flexibility index (Phi) is 6.71. The molecule has 116 valence electrons. The van der Waals surface area contributed by atoms with Crippen molar-refractivity contribution in [1.29, 1.82) is 0 Å². The van der Waals surface area contributed by atoms with Gasteiger partial charge in [0.05, 0.1) is 17.8 Å². The van der Waals surface area contributed by atoms with Crippen molar-refractivity contribution in [3.05, 3.63) is 35.4 Å². The molecule has 0 aliphatic heterocycles. The maximum Gasteiger partial charge on any atom is 0.306 e. The van der Waals surface area contributed by atoms with Gasteiger partial charge in [0, 0.05) is 12.3 Å². The summed E-state index contributed by atoms with van der Waals surface area (Å²) in [4.78, 5) is 22.2. The summed E-state index contributed by atoms with van der Waals surface area (Å²) in [5, 5.41) is 20.9. The maximum absolute atomic E-state index is 11.6. The highest BCUT2D eigenvalue weighted by atomic mass is 32.2. The van der Waals surface area contributed by atoms with Crippen molar-refractivity contribution >= 4 is 23.6 Å². The van der Waals surface area contributed by atoms with E-state index >= 15 is 0 Å². The maximum atomic E-state index is 11.6. The van der Waals surface area contributed by atoms with Crippen LogP contribution in [-0.2, 0) is 15.3 Å². The van der Waals surface area contributed by atoms with Crippen LogP contribution in [-0.4, -0.2) is 40.0 Å². The van der Waals surface area contributed by atoms with E-state index < -0.39 is 18.0 Å². The van der Waals surface area contributed by atoms with Crippen molar-refractivity contribution in [1.82, 2.24) is 5.32 Å². The molecule has 0 fully saturated rings. The molecule has 1 rings (SSSR count). The molecule has 1 unspecified atom stereocenters. The third-order valence-electron chi connectivity index (χ3n) is 2.82. The molecule has 6 heteroatoms. The minimum absolute atomic E-state index is 0.0662. The lowest BCUT2D eigenvalue weighted by atomic mass is 10.0. The van der Waals surface area contributed by atoms with Crippen LogP contribution in [0.2, 0.25) is 0 Å². The molecule has 0 saturated heterocycles. The van der Waals surface area contributed by atoms with Gasteiger partial charge in [-0.15, -0.1) is 11.8 Å². The summed E-state index contributed by atoms with van der Waals surface area (Å²) in [7, 11) is 0. The van der Waals surface area contributed by atoms with Crippen LogP contribution in [0.1, 0.15) is 24.5 Å². The fraction of sp³-hybridized carbons (Fsp3) is 0.467. The van der Waals surface area contributed by atoms with Gasteiger partial charge in [0.15, 0.2) is 0 Å². The first kappa shape index (κ1) is 17.5. The molecule has 0 spiro atoms. The number of nitrogens with one attached hydrogen (secondary N) is 1. The molecule has 0 radical (unpaired) electrons. The second kappa shape index (κ2) is 8.05. The normalized spacial score (nSPS) is 13.5. The Morgan fingerprint density at radius 2 is 1.90 bits per heavy atom. The minimum atomic E-state index is -1.43. The molecule has 1 atom stereocenters. The standard InChI is InChI=1S/C15H21NO4S/c1-11-3-5-12(6-4-11)8-21-9-13(17)16-10-15(2,20)7-14(18)19/h3-6,20H,7-10H2,1-2H3,(H,16,17)(H,18,19). The monoisotopic (exact) mass is 311 g/mol. The Hall–Kier alpha value is -1.53. The van der Waals surface area contributed by atoms with E-state index in [1.54, 1.807) is 0 Å². The van der Waals surface area contributed by atoms with E-state index in [2.05, 4.69) is 5.32 Å². The topological polar surface area (TPSA) is 86.6 Å². The van der Waals surface area contributed by atoms with Gasteiger partial charge in [-0.1, -0.05) is 29.8 Å². The fourth-order valence-corrected chi connectivity index (χ4v) is 2.49. The average Bonchev–Trinajstić information content (AvgIpc) is 2.37. The van der Waals surface area contributed by atoms with Gasteiger partial charge >= 0.3 is 5.97 Å². The Bertz CT molecular complexity index is 485. The fourth-order valence-electron chi connectivity index (χ4n) is 1.67. The highest BCUT2D eigenvalue weighted by Gasteiger charge is 2.24. The van der Waals surface area contributed by atoms with Crippen LogP contribution in [0.5, 0.6) is 0 Å². The Balaban J connectivity index is 2.25. The number of carbonyl (C=O) groups excluding carboxylic acids is 1. The highest BCUT2D eigenvalue weighted by Crippen LogP contribution is 2.13. The predicted octanol–water partition coefficient (Wildman–Crippen LogP) is 1.57. The van der Waals surface area contributed by atoms with Gasteiger partial charge in [-0.3, -0.25) is 9.59 Å². The summed E-state index contributed by atoms with van der Waals surface area (Å²) in [6.45, 7) is 3.34. The molecule has 0 bridgehead atoms. The Morgan fingerprint density at radius 3 is 2.48 bits per heavy atom. The average molecular weight is 311 g/mol. The van der Waals surface area contributed by atoms with Crippen molar-refractivity contribution in [2.75, 3.05) is 12.3 Å². The number of amides is 1. The lowest BCUT2D eigenvalue weighted by Gasteiger charge is -2.21. The predicted molar refractivity (Wildman–Crippen MR) is 83.2 cm³/mol. The van der Waals surface area contributed by atoms with Crippen molar-refractivity contribution in [3.8, 4) is 0 Å². The van der Waals surface area contributed by atoms with E-state index in [1.807, 2.05) is 31.2 Å². The molecular weight excluding hydrogens is 290 g/mol. The highest BCUT2D eigenvalue weighted by molar-refractivity contribution is 7.99. The molecule has 5 nitrogen and oxygen atoms in total. The lowest BCUT2D eigenvalue weighted by Crippen LogP contribution is -2.42. The molecule has 0 aromatic heterocycles. The molecule has 0 aliphatic carbocycles. The van der Waals surface area contributed by atoms with Crippen LogP contribution in [0, 0.1) is 6.92 Å². The van der Waals surface area contributed by atoms with Crippen LogP contribution >= 0.6 is 11.8 Å². The van der Waals surface area contributed by atoms with E-state index in [0.29, 0.717) is 0 Å². The number of carbonyl (C=O) groups is 2. The summed E-state index contributed by atoms with van der Waals surface area (Å²) in [5.41, 5.74) is 0.918. The van der Waals surface area contributed by atoms with E-state index in [0.717, 1.165) is 11.3 Å². The number of thioether (sulfide) groups is 1. The van der Waals surface area contributed by atoms with Gasteiger partial charge in [0.1, 0.15) is 0 Å². The summed E-state index contributed by atoms with van der Waals surface area (Å²) in [6.07, 6.45) is -0.399. The van der Waals surface area contributed by atoms with Gasteiger partial charge < -0.3 is 15.5 Å². The number of carboxylic acid groups (broad SMARTS) is 1. The first-order valence-electron chi connectivity index (χ1n) is 6.63. The summed E-state index contributed by atoms with van der Waals surface area (Å²) in [5.74, 6) is -0.295. The number of aryl methyl sites for hydroxylation is 1. The second-order valence-electron chi connectivity index (χ2n) is 5.32. The number of hydrogen-bond acceptors (Lipinski definition) is 4. The van der Waals surface area contributed by atoms with E-state index in [9.17, 15) is 14.7 Å². The van der Waals surface area contributed by atoms with Gasteiger partial charge in [-0.25, -0.2) is 0 Å². The zero-order valence-corrected chi connectivity index (χ0v) is 13.1. The molecule has 0 heterocycles. The van der Waals surface area contributed by atoms with Crippen LogP contribution < -0.4 is 5.32 Å². The third kappa shape index (κ3) is 7.72. The van der Waals surface area contributed by atoms with Crippen LogP contribution in [0.3, 0.4) is 0 Å². The molecule has 0 aliphatic rings. The molecular formula is C15H21NO4S. The summed E-state index contributed by atoms with van der Waals surface area (Å²) in [6, 6.07) is 8.11. The zero-order chi connectivity index (χ0) is 15.9. The third-order valence-corrected chi connectivity index (χ3v) is 3.82. The summed E-state index contributed by atoms with van der Waals surface area (Å²) < 4.78 is 0. The number of benzene rings is 1. The van der Waals surface area contributed by atoms with Gasteiger partial charge in [0.25, 0.3) is 0 Å². The molecule has 0 saturated carbocycles. The SMILES string of the molecule is Cc1ccc(CSCC(=O)NCC(C)(O)CC(=O)O)cc1. The molecule has 3 N–H and O–H groups in total. The van der Waals surface area contributed by atoms with Gasteiger partial charge in [0.2, 0.25) is 5.91 Å². The Morgan fingerprint density at radius 1 is 1.29 bits per heavy atom. The molecule has 1 amide bonds. The van der Waals surface area contributed by atoms with Crippen molar-refractivity contribution in [2.45, 2.75) is 31.6 Å². The largest absolute Gasteiger partial charge is 0.481 e. The molecule has 1 aromatic carbocycles. The smallest absolute Gasteiger partial charge is 0.306 e. The van der Waals surface area contributed by atoms with E-state index in [-0.39, 0.29) is 18.2 Å². The number of aliphatic carboxylic acids is 1. The minimum Gasteiger partial charge on any atom is -0.481 e. The van der Waals surface area contributed by atoms with Crippen LogP contribution in [0.25, 0.3) is 0 Å². The van der Waals surface area contributed by atoms with Crippen LogP contribution in [0.4, 0.5) is 0 Å². The van der Waals surface area contributed by atoms with Crippen molar-refractivity contribution < 1.29 is 19.8 Å². The van der Waals surface area contributed by atoms with Gasteiger partial charge in [-0.2, -0.15) is 0 Å². The van der Waals surface area contributed by atoms with Crippen molar-refractivity contribution in [2.24, 2.45) is 0 Å². The summed E-state index contributed by atoms with van der Waals surface area (Å²) >= 11 is 1.47. The van der Waals surface area contributed by atoms with E-state index in [4.69, 9.17) is 5.11 Å². The molecule has 1 aromatic rings. The zero-order valence-electron chi connectivity index (χ0n) is 12.3. The number of rotatable bonds is 8. The number of aliphatic hydroxyl groups is 1. The number of hydrogen-bond donors (Lipinski definition) is 3. The van der Waals surface area contributed by atoms with Crippen molar-refractivity contribution in [3.63, 3.8) is 0 Å². The van der Waals surface area contributed by atoms with E-state index in [1.165, 1.54) is 24.2 Å². The second-order valence-corrected chi connectivity index (χ2v) is 6.31.